The van der Waals surface area contributed by atoms with Gasteiger partial charge in [0.15, 0.2) is 0 Å². The molecule has 0 fully saturated rings. The number of hydrogen-bond acceptors (Lipinski definition) is 1. The molecule has 0 amide bonds. The predicted octanol–water partition coefficient (Wildman–Crippen LogP) is 2.89. The molecule has 2 rings (SSSR count). The molecule has 0 bridgehead atoms. The molecule has 1 heterocycles. The summed E-state index contributed by atoms with van der Waals surface area (Å²) in [6, 6.07) is 8.53. The first-order valence-electron chi connectivity index (χ1n) is 5.33. The van der Waals surface area contributed by atoms with Crippen molar-refractivity contribution in [2.24, 2.45) is 7.05 Å². The maximum atomic E-state index is 5.26. The van der Waals surface area contributed by atoms with E-state index in [2.05, 4.69) is 42.8 Å². The Kier molecular flexibility index (Phi) is 2.78. The number of para-hydroxylation sites is 1. The van der Waals surface area contributed by atoms with Crippen LogP contribution in [0.4, 0.5) is 0 Å². The molecule has 0 radical (unpaired) electrons. The highest BCUT2D eigenvalue weighted by molar-refractivity contribution is 5.85. The average Bonchev–Trinajstić information content (AvgIpc) is 2.54. The number of ether oxygens (including phenoxy) is 1. The third kappa shape index (κ3) is 1.55. The van der Waals surface area contributed by atoms with Gasteiger partial charge in [0.1, 0.15) is 0 Å². The SMILES string of the molecule is CCc1c(COC)n(C)c2ccccc12. The standard InChI is InChI=1S/C13H17NO/c1-4-10-11-7-5-6-8-12(11)14(2)13(10)9-15-3/h5-8H,4,9H2,1-3H3. The van der Waals surface area contributed by atoms with Gasteiger partial charge in [-0.2, -0.15) is 0 Å². The number of hydrogen-bond donors (Lipinski definition) is 0. The van der Waals surface area contributed by atoms with Crippen LogP contribution in [0.5, 0.6) is 0 Å². The molecular weight excluding hydrogens is 186 g/mol. The van der Waals surface area contributed by atoms with Crippen LogP contribution >= 0.6 is 0 Å². The molecule has 0 unspecified atom stereocenters. The summed E-state index contributed by atoms with van der Waals surface area (Å²) < 4.78 is 7.49. The molecule has 2 nitrogen and oxygen atoms in total. The van der Waals surface area contributed by atoms with Crippen LogP contribution in [0.2, 0.25) is 0 Å². The van der Waals surface area contributed by atoms with Crippen LogP contribution in [0.3, 0.4) is 0 Å². The fourth-order valence-corrected chi connectivity index (χ4v) is 2.24. The van der Waals surface area contributed by atoms with Crippen molar-refractivity contribution in [2.45, 2.75) is 20.0 Å². The third-order valence-corrected chi connectivity index (χ3v) is 2.98. The number of aryl methyl sites for hydroxylation is 2. The number of fused-ring (bicyclic) bond motifs is 1. The highest BCUT2D eigenvalue weighted by Crippen LogP contribution is 2.26. The van der Waals surface area contributed by atoms with Gasteiger partial charge in [-0.3, -0.25) is 0 Å². The monoisotopic (exact) mass is 203 g/mol. The minimum Gasteiger partial charge on any atom is -0.378 e. The first-order valence-corrected chi connectivity index (χ1v) is 5.33. The molecule has 1 aromatic heterocycles. The fraction of sp³-hybridized carbons (Fsp3) is 0.385. The molecular formula is C13H17NO. The van der Waals surface area contributed by atoms with E-state index in [0.29, 0.717) is 6.61 Å². The molecule has 0 saturated heterocycles. The van der Waals surface area contributed by atoms with Crippen LogP contribution in [0.25, 0.3) is 10.9 Å². The van der Waals surface area contributed by atoms with Gasteiger partial charge >= 0.3 is 0 Å². The number of nitrogens with zero attached hydrogens (tertiary/aromatic N) is 1. The summed E-state index contributed by atoms with van der Waals surface area (Å²) in [5.41, 5.74) is 4.00. The van der Waals surface area contributed by atoms with Gasteiger partial charge in [0.25, 0.3) is 0 Å². The Morgan fingerprint density at radius 2 is 2.00 bits per heavy atom. The van der Waals surface area contributed by atoms with E-state index in [4.69, 9.17) is 4.74 Å². The third-order valence-electron chi connectivity index (χ3n) is 2.98. The largest absolute Gasteiger partial charge is 0.378 e. The molecule has 0 spiro atoms. The van der Waals surface area contributed by atoms with Gasteiger partial charge in [0.2, 0.25) is 0 Å². The van der Waals surface area contributed by atoms with Crippen molar-refractivity contribution in [3.63, 3.8) is 0 Å². The smallest absolute Gasteiger partial charge is 0.0867 e. The molecule has 0 aliphatic heterocycles. The highest BCUT2D eigenvalue weighted by Gasteiger charge is 2.12. The zero-order valence-electron chi connectivity index (χ0n) is 9.58. The Morgan fingerprint density at radius 1 is 1.27 bits per heavy atom. The van der Waals surface area contributed by atoms with E-state index in [1.54, 1.807) is 7.11 Å². The first-order chi connectivity index (χ1) is 7.29. The van der Waals surface area contributed by atoms with Crippen LogP contribution in [-0.4, -0.2) is 11.7 Å². The summed E-state index contributed by atoms with van der Waals surface area (Å²) in [7, 11) is 3.85. The quantitative estimate of drug-likeness (QED) is 0.748. The van der Waals surface area contributed by atoms with E-state index in [-0.39, 0.29) is 0 Å². The topological polar surface area (TPSA) is 14.2 Å². The van der Waals surface area contributed by atoms with Crippen molar-refractivity contribution >= 4 is 10.9 Å². The van der Waals surface area contributed by atoms with Crippen LogP contribution in [-0.2, 0) is 24.8 Å². The summed E-state index contributed by atoms with van der Waals surface area (Å²) in [6.45, 7) is 2.88. The maximum absolute atomic E-state index is 5.26. The minimum absolute atomic E-state index is 0.689. The number of aromatic nitrogens is 1. The van der Waals surface area contributed by atoms with Crippen molar-refractivity contribution < 1.29 is 4.74 Å². The molecule has 0 atom stereocenters. The van der Waals surface area contributed by atoms with Gasteiger partial charge in [-0.25, -0.2) is 0 Å². The number of benzene rings is 1. The molecule has 2 heteroatoms. The second kappa shape index (κ2) is 4.07. The van der Waals surface area contributed by atoms with Crippen LogP contribution in [0.1, 0.15) is 18.2 Å². The van der Waals surface area contributed by atoms with Crippen molar-refractivity contribution in [2.75, 3.05) is 7.11 Å². The summed E-state index contributed by atoms with van der Waals surface area (Å²) >= 11 is 0. The van der Waals surface area contributed by atoms with Crippen molar-refractivity contribution in [3.8, 4) is 0 Å². The van der Waals surface area contributed by atoms with Gasteiger partial charge in [0.05, 0.1) is 6.61 Å². The fourth-order valence-electron chi connectivity index (χ4n) is 2.24. The van der Waals surface area contributed by atoms with Crippen molar-refractivity contribution in [3.05, 3.63) is 35.5 Å². The summed E-state index contributed by atoms with van der Waals surface area (Å²) in [5.74, 6) is 0. The Hall–Kier alpha value is -1.28. The Bertz CT molecular complexity index is 471. The molecule has 0 saturated carbocycles. The lowest BCUT2D eigenvalue weighted by Crippen LogP contribution is -2.00. The predicted molar refractivity (Wildman–Crippen MR) is 63.0 cm³/mol. The van der Waals surface area contributed by atoms with Gasteiger partial charge in [0, 0.05) is 30.8 Å². The Balaban J connectivity index is 2.72. The number of methoxy groups -OCH3 is 1. The second-order valence-electron chi connectivity index (χ2n) is 3.79. The normalized spacial score (nSPS) is 11.1. The van der Waals surface area contributed by atoms with Crippen molar-refractivity contribution in [1.82, 2.24) is 4.57 Å². The average molecular weight is 203 g/mol. The first kappa shape index (κ1) is 10.2. The van der Waals surface area contributed by atoms with E-state index >= 15 is 0 Å². The molecule has 0 N–H and O–H groups in total. The molecule has 15 heavy (non-hydrogen) atoms. The van der Waals surface area contributed by atoms with Gasteiger partial charge in [-0.05, 0) is 18.1 Å². The van der Waals surface area contributed by atoms with Crippen LogP contribution < -0.4 is 0 Å². The molecule has 2 aromatic rings. The highest BCUT2D eigenvalue weighted by atomic mass is 16.5. The summed E-state index contributed by atoms with van der Waals surface area (Å²) in [4.78, 5) is 0. The van der Waals surface area contributed by atoms with Gasteiger partial charge in [-0.1, -0.05) is 25.1 Å². The Morgan fingerprint density at radius 3 is 2.67 bits per heavy atom. The van der Waals surface area contributed by atoms with Gasteiger partial charge in [-0.15, -0.1) is 0 Å². The number of rotatable bonds is 3. The van der Waals surface area contributed by atoms with E-state index in [1.807, 2.05) is 0 Å². The van der Waals surface area contributed by atoms with Crippen molar-refractivity contribution in [1.29, 1.82) is 0 Å². The van der Waals surface area contributed by atoms with E-state index in [0.717, 1.165) is 6.42 Å². The zero-order valence-corrected chi connectivity index (χ0v) is 9.58. The Labute approximate surface area is 90.5 Å². The van der Waals surface area contributed by atoms with E-state index in [9.17, 15) is 0 Å². The van der Waals surface area contributed by atoms with Gasteiger partial charge < -0.3 is 9.30 Å². The molecule has 0 aliphatic carbocycles. The molecule has 80 valence electrons. The zero-order chi connectivity index (χ0) is 10.8. The van der Waals surface area contributed by atoms with Crippen LogP contribution in [0.15, 0.2) is 24.3 Å². The summed E-state index contributed by atoms with van der Waals surface area (Å²) in [6.07, 6.45) is 1.06. The van der Waals surface area contributed by atoms with E-state index in [1.165, 1.54) is 22.2 Å². The molecule has 0 aliphatic rings. The lowest BCUT2D eigenvalue weighted by molar-refractivity contribution is 0.178. The maximum Gasteiger partial charge on any atom is 0.0867 e. The summed E-state index contributed by atoms with van der Waals surface area (Å²) in [5, 5.41) is 1.36. The van der Waals surface area contributed by atoms with E-state index < -0.39 is 0 Å². The lowest BCUT2D eigenvalue weighted by Gasteiger charge is -2.04. The second-order valence-corrected chi connectivity index (χ2v) is 3.79. The minimum atomic E-state index is 0.689. The van der Waals surface area contributed by atoms with Crippen LogP contribution in [0, 0.1) is 0 Å². The lowest BCUT2D eigenvalue weighted by atomic mass is 10.1. The molecule has 1 aromatic carbocycles.